The van der Waals surface area contributed by atoms with Crippen LogP contribution >= 0.6 is 11.5 Å². The Kier molecular flexibility index (Phi) is 4.74. The van der Waals surface area contributed by atoms with E-state index in [2.05, 4.69) is 28.7 Å². The number of carboxylic acids is 1. The van der Waals surface area contributed by atoms with Crippen molar-refractivity contribution in [2.24, 2.45) is 0 Å². The van der Waals surface area contributed by atoms with E-state index in [4.69, 9.17) is 0 Å². The number of aryl methyl sites for hydroxylation is 2. The average Bonchev–Trinajstić information content (AvgIpc) is 2.79. The molecule has 0 unspecified atom stereocenters. The summed E-state index contributed by atoms with van der Waals surface area (Å²) in [7, 11) is 0. The Morgan fingerprint density at radius 2 is 2.05 bits per heavy atom. The molecule has 0 spiro atoms. The second-order valence-corrected chi connectivity index (χ2v) is 5.48. The monoisotopic (exact) mass is 290 g/mol. The predicted molar refractivity (Wildman–Crippen MR) is 82.1 cm³/mol. The molecule has 2 N–H and O–H groups in total. The number of hydrogen-bond donors (Lipinski definition) is 2. The van der Waals surface area contributed by atoms with Crippen molar-refractivity contribution in [2.75, 3.05) is 5.32 Å². The lowest BCUT2D eigenvalue weighted by Gasteiger charge is -2.06. The molecule has 5 heteroatoms. The zero-order valence-corrected chi connectivity index (χ0v) is 12.5. The van der Waals surface area contributed by atoms with E-state index in [9.17, 15) is 9.90 Å². The van der Waals surface area contributed by atoms with Gasteiger partial charge in [0, 0.05) is 5.69 Å². The number of aromatic carboxylic acids is 1. The van der Waals surface area contributed by atoms with E-state index in [0.29, 0.717) is 10.7 Å². The van der Waals surface area contributed by atoms with E-state index in [1.807, 2.05) is 12.1 Å². The van der Waals surface area contributed by atoms with Crippen molar-refractivity contribution in [2.45, 2.75) is 33.1 Å². The molecule has 0 aliphatic heterocycles. The van der Waals surface area contributed by atoms with Crippen LogP contribution < -0.4 is 5.32 Å². The van der Waals surface area contributed by atoms with Gasteiger partial charge in [-0.2, -0.15) is 4.37 Å². The fourth-order valence-electron chi connectivity index (χ4n) is 1.97. The van der Waals surface area contributed by atoms with Crippen LogP contribution in [0.15, 0.2) is 24.3 Å². The Hall–Kier alpha value is -1.88. The Balaban J connectivity index is 2.12. The number of nitrogens with one attached hydrogen (secondary N) is 1. The van der Waals surface area contributed by atoms with Gasteiger partial charge in [-0.15, -0.1) is 0 Å². The summed E-state index contributed by atoms with van der Waals surface area (Å²) < 4.78 is 4.09. The number of carboxylic acid groups (broad SMARTS) is 1. The van der Waals surface area contributed by atoms with Gasteiger partial charge in [0.05, 0.1) is 5.69 Å². The highest BCUT2D eigenvalue weighted by atomic mass is 32.1. The Morgan fingerprint density at radius 3 is 2.65 bits per heavy atom. The van der Waals surface area contributed by atoms with Crippen LogP contribution in [0.1, 0.15) is 41.4 Å². The summed E-state index contributed by atoms with van der Waals surface area (Å²) in [5.74, 6) is -0.946. The summed E-state index contributed by atoms with van der Waals surface area (Å²) in [5, 5.41) is 12.9. The number of unbranched alkanes of at least 4 members (excludes halogenated alkanes) is 1. The highest BCUT2D eigenvalue weighted by Gasteiger charge is 2.17. The molecule has 2 rings (SSSR count). The van der Waals surface area contributed by atoms with Crippen LogP contribution in [-0.4, -0.2) is 15.4 Å². The fourth-order valence-corrected chi connectivity index (χ4v) is 2.78. The molecule has 0 saturated heterocycles. The zero-order chi connectivity index (χ0) is 14.5. The first-order chi connectivity index (χ1) is 9.61. The highest BCUT2D eigenvalue weighted by molar-refractivity contribution is 7.10. The van der Waals surface area contributed by atoms with Gasteiger partial charge >= 0.3 is 5.97 Å². The fraction of sp³-hybridized carbons (Fsp3) is 0.333. The molecule has 0 aliphatic carbocycles. The van der Waals surface area contributed by atoms with Crippen molar-refractivity contribution in [3.8, 4) is 0 Å². The summed E-state index contributed by atoms with van der Waals surface area (Å²) in [6.45, 7) is 3.88. The Morgan fingerprint density at radius 1 is 1.35 bits per heavy atom. The molecule has 0 aliphatic rings. The average molecular weight is 290 g/mol. The van der Waals surface area contributed by atoms with Gasteiger partial charge in [0.2, 0.25) is 0 Å². The number of benzene rings is 1. The normalized spacial score (nSPS) is 10.5. The summed E-state index contributed by atoms with van der Waals surface area (Å²) in [6, 6.07) is 8.11. The van der Waals surface area contributed by atoms with Crippen molar-refractivity contribution >= 4 is 28.2 Å². The molecule has 0 amide bonds. The Bertz CT molecular complexity index is 590. The number of anilines is 2. The third kappa shape index (κ3) is 3.36. The van der Waals surface area contributed by atoms with Gasteiger partial charge in [-0.3, -0.25) is 0 Å². The summed E-state index contributed by atoms with van der Waals surface area (Å²) >= 11 is 1.18. The maximum atomic E-state index is 11.2. The molecule has 1 aromatic carbocycles. The van der Waals surface area contributed by atoms with Gasteiger partial charge in [0.25, 0.3) is 0 Å². The van der Waals surface area contributed by atoms with Crippen LogP contribution in [0.3, 0.4) is 0 Å². The summed E-state index contributed by atoms with van der Waals surface area (Å²) in [4.78, 5) is 11.2. The first-order valence-electron chi connectivity index (χ1n) is 6.67. The second-order valence-electron chi connectivity index (χ2n) is 4.70. The van der Waals surface area contributed by atoms with Gasteiger partial charge in [-0.25, -0.2) is 4.79 Å². The van der Waals surface area contributed by atoms with E-state index < -0.39 is 5.97 Å². The molecule has 0 radical (unpaired) electrons. The van der Waals surface area contributed by atoms with Crippen LogP contribution in [0, 0.1) is 6.92 Å². The zero-order valence-electron chi connectivity index (χ0n) is 11.6. The van der Waals surface area contributed by atoms with E-state index in [-0.39, 0.29) is 5.56 Å². The predicted octanol–water partition coefficient (Wildman–Crippen LogP) is 4.24. The first kappa shape index (κ1) is 14.5. The molecule has 4 nitrogen and oxygen atoms in total. The third-order valence-corrected chi connectivity index (χ3v) is 3.96. The van der Waals surface area contributed by atoms with Gasteiger partial charge in [0.15, 0.2) is 0 Å². The number of nitrogens with zero attached hydrogens (tertiary/aromatic N) is 1. The smallest absolute Gasteiger partial charge is 0.340 e. The summed E-state index contributed by atoms with van der Waals surface area (Å²) in [5.41, 5.74) is 2.99. The number of rotatable bonds is 6. The Labute approximate surface area is 122 Å². The maximum Gasteiger partial charge on any atom is 0.340 e. The molecule has 0 atom stereocenters. The number of aromatic nitrogens is 1. The van der Waals surface area contributed by atoms with Crippen LogP contribution in [0.25, 0.3) is 0 Å². The van der Waals surface area contributed by atoms with Gasteiger partial charge < -0.3 is 10.4 Å². The lowest BCUT2D eigenvalue weighted by atomic mass is 10.1. The van der Waals surface area contributed by atoms with Crippen molar-refractivity contribution in [3.05, 3.63) is 41.1 Å². The second kappa shape index (κ2) is 6.52. The lowest BCUT2D eigenvalue weighted by Crippen LogP contribution is -2.01. The highest BCUT2D eigenvalue weighted by Crippen LogP contribution is 2.28. The van der Waals surface area contributed by atoms with Crippen molar-refractivity contribution in [1.29, 1.82) is 0 Å². The molecule has 1 heterocycles. The van der Waals surface area contributed by atoms with E-state index in [0.717, 1.165) is 12.1 Å². The molecule has 106 valence electrons. The lowest BCUT2D eigenvalue weighted by molar-refractivity contribution is 0.0697. The van der Waals surface area contributed by atoms with Crippen LogP contribution in [0.4, 0.5) is 10.7 Å². The van der Waals surface area contributed by atoms with Crippen LogP contribution in [0.5, 0.6) is 0 Å². The minimum atomic E-state index is -0.946. The van der Waals surface area contributed by atoms with Gasteiger partial charge in [0.1, 0.15) is 10.6 Å². The van der Waals surface area contributed by atoms with E-state index in [1.165, 1.54) is 29.9 Å². The summed E-state index contributed by atoms with van der Waals surface area (Å²) in [6.07, 6.45) is 3.45. The van der Waals surface area contributed by atoms with Crippen LogP contribution in [0.2, 0.25) is 0 Å². The van der Waals surface area contributed by atoms with Crippen molar-refractivity contribution in [1.82, 2.24) is 4.37 Å². The number of carbonyl (C=O) groups is 1. The molecular weight excluding hydrogens is 272 g/mol. The first-order valence-corrected chi connectivity index (χ1v) is 7.44. The van der Waals surface area contributed by atoms with Crippen molar-refractivity contribution in [3.63, 3.8) is 0 Å². The SMILES string of the molecule is CCCCc1ccc(Nc2snc(C)c2C(=O)O)cc1. The molecule has 1 aromatic heterocycles. The molecule has 20 heavy (non-hydrogen) atoms. The molecular formula is C15H18N2O2S. The van der Waals surface area contributed by atoms with Crippen LogP contribution in [-0.2, 0) is 6.42 Å². The molecule has 0 fully saturated rings. The maximum absolute atomic E-state index is 11.2. The minimum Gasteiger partial charge on any atom is -0.478 e. The minimum absolute atomic E-state index is 0.255. The van der Waals surface area contributed by atoms with E-state index in [1.54, 1.807) is 6.92 Å². The standard InChI is InChI=1S/C15H18N2O2S/c1-3-4-5-11-6-8-12(9-7-11)16-14-13(15(18)19)10(2)17-20-14/h6-9,16H,3-5H2,1-2H3,(H,18,19). The topological polar surface area (TPSA) is 62.2 Å². The molecule has 0 saturated carbocycles. The largest absolute Gasteiger partial charge is 0.478 e. The molecule has 0 bridgehead atoms. The van der Waals surface area contributed by atoms with Crippen molar-refractivity contribution < 1.29 is 9.90 Å². The van der Waals surface area contributed by atoms with Gasteiger partial charge in [-0.1, -0.05) is 25.5 Å². The molecule has 2 aromatic rings. The quantitative estimate of drug-likeness (QED) is 0.835. The van der Waals surface area contributed by atoms with Gasteiger partial charge in [-0.05, 0) is 49.0 Å². The van der Waals surface area contributed by atoms with E-state index >= 15 is 0 Å². The third-order valence-electron chi connectivity index (χ3n) is 3.11. The number of hydrogen-bond acceptors (Lipinski definition) is 4.